The summed E-state index contributed by atoms with van der Waals surface area (Å²) in [5.41, 5.74) is 2.45. The number of hydrogen-bond acceptors (Lipinski definition) is 10. The highest BCUT2D eigenvalue weighted by atomic mass is 16.5. The van der Waals surface area contributed by atoms with Crippen LogP contribution < -0.4 is 19.7 Å². The number of hydrogen-bond donors (Lipinski definition) is 2. The lowest BCUT2D eigenvalue weighted by Crippen LogP contribution is -2.58. The molecule has 0 aliphatic carbocycles. The fraction of sp³-hybridized carbons (Fsp3) is 0.341. The van der Waals surface area contributed by atoms with Crippen molar-refractivity contribution in [3.63, 3.8) is 0 Å². The van der Waals surface area contributed by atoms with Crippen molar-refractivity contribution in [3.8, 4) is 11.5 Å². The Kier molecular flexibility index (Phi) is 14.4. The zero-order valence-electron chi connectivity index (χ0n) is 32.1. The molecule has 2 amide bonds. The van der Waals surface area contributed by atoms with Gasteiger partial charge >= 0.3 is 11.9 Å². The first kappa shape index (κ1) is 41.2. The Morgan fingerprint density at radius 2 is 1.50 bits per heavy atom. The second kappa shape index (κ2) is 19.5. The Hall–Kier alpha value is -6.01. The van der Waals surface area contributed by atoms with Crippen molar-refractivity contribution in [2.45, 2.75) is 64.6 Å². The van der Waals surface area contributed by atoms with Crippen LogP contribution in [0.3, 0.4) is 0 Å². The van der Waals surface area contributed by atoms with Crippen molar-refractivity contribution in [2.24, 2.45) is 5.92 Å². The number of ether oxygens (including phenoxy) is 4. The van der Waals surface area contributed by atoms with Crippen molar-refractivity contribution in [1.82, 2.24) is 5.32 Å². The maximum Gasteiger partial charge on any atom is 0.338 e. The summed E-state index contributed by atoms with van der Waals surface area (Å²) >= 11 is 0. The van der Waals surface area contributed by atoms with Crippen LogP contribution in [-0.2, 0) is 30.3 Å². The summed E-state index contributed by atoms with van der Waals surface area (Å²) in [5, 5.41) is 12.4. The van der Waals surface area contributed by atoms with E-state index in [1.807, 2.05) is 19.9 Å². The van der Waals surface area contributed by atoms with E-state index in [0.717, 1.165) is 0 Å². The van der Waals surface area contributed by atoms with Crippen LogP contribution in [0.25, 0.3) is 0 Å². The van der Waals surface area contributed by atoms with Crippen LogP contribution in [0.1, 0.15) is 83.5 Å². The van der Waals surface area contributed by atoms with E-state index in [1.54, 1.807) is 80.8 Å². The quantitative estimate of drug-likeness (QED) is 0.0740. The maximum absolute atomic E-state index is 14.5. The van der Waals surface area contributed by atoms with Crippen molar-refractivity contribution in [1.29, 1.82) is 0 Å². The maximum atomic E-state index is 14.5. The van der Waals surface area contributed by atoms with Gasteiger partial charge in [-0.25, -0.2) is 4.79 Å². The second-order valence-corrected chi connectivity index (χ2v) is 13.8. The fourth-order valence-corrected chi connectivity index (χ4v) is 6.61. The molecule has 0 unspecified atom stereocenters. The van der Waals surface area contributed by atoms with Gasteiger partial charge in [0.15, 0.2) is 5.78 Å². The molecule has 0 spiro atoms. The number of carbonyl (C=O) groups is 5. The van der Waals surface area contributed by atoms with Crippen LogP contribution >= 0.6 is 0 Å². The third-order valence-electron chi connectivity index (χ3n) is 9.24. The largest absolute Gasteiger partial charge is 0.497 e. The van der Waals surface area contributed by atoms with E-state index in [1.165, 1.54) is 29.2 Å². The number of benzene rings is 4. The molecule has 3 atom stereocenters. The SMILES string of the molecule is CCOC(=O)C[C@H]1[C@H](OC(=O)c2ccc(C(=O)c3ccccc3)cc2)[C@@H](NC(=O)CC(C)C)c2cc(OCCCO)ccc2N1C(=O)Cc1ccc(OC)cc1. The van der Waals surface area contributed by atoms with Crippen molar-refractivity contribution in [3.05, 3.63) is 125 Å². The molecular formula is C44H48N2O10. The third kappa shape index (κ3) is 10.4. The Labute approximate surface area is 326 Å². The van der Waals surface area contributed by atoms with Crippen molar-refractivity contribution < 1.29 is 48.0 Å². The zero-order valence-corrected chi connectivity index (χ0v) is 32.1. The van der Waals surface area contributed by atoms with Gasteiger partial charge in [0.1, 0.15) is 17.6 Å². The monoisotopic (exact) mass is 764 g/mol. The minimum absolute atomic E-state index is 0.0118. The van der Waals surface area contributed by atoms with Crippen LogP contribution in [0.5, 0.6) is 11.5 Å². The number of fused-ring (bicyclic) bond motifs is 1. The van der Waals surface area contributed by atoms with Gasteiger partial charge in [0, 0.05) is 41.8 Å². The number of esters is 2. The predicted molar refractivity (Wildman–Crippen MR) is 209 cm³/mol. The van der Waals surface area contributed by atoms with Gasteiger partial charge in [0.2, 0.25) is 11.8 Å². The molecule has 4 aromatic carbocycles. The lowest BCUT2D eigenvalue weighted by atomic mass is 9.85. The van der Waals surface area contributed by atoms with Gasteiger partial charge < -0.3 is 34.3 Å². The van der Waals surface area contributed by atoms with Crippen LogP contribution in [0, 0.1) is 5.92 Å². The van der Waals surface area contributed by atoms with E-state index >= 15 is 0 Å². The van der Waals surface area contributed by atoms with Gasteiger partial charge in [-0.1, -0.05) is 68.4 Å². The normalized spacial score (nSPS) is 16.0. The summed E-state index contributed by atoms with van der Waals surface area (Å²) in [5.74, 6) is -1.40. The Balaban J connectivity index is 1.60. The first-order valence-electron chi connectivity index (χ1n) is 18.7. The van der Waals surface area contributed by atoms with Crippen LogP contribution in [0.15, 0.2) is 97.1 Å². The van der Waals surface area contributed by atoms with E-state index < -0.39 is 36.0 Å². The molecule has 1 aliphatic rings. The van der Waals surface area contributed by atoms with Crippen LogP contribution in [0.2, 0.25) is 0 Å². The smallest absolute Gasteiger partial charge is 0.338 e. The number of methoxy groups -OCH3 is 1. The summed E-state index contributed by atoms with van der Waals surface area (Å²) in [7, 11) is 1.54. The van der Waals surface area contributed by atoms with Gasteiger partial charge in [-0.05, 0) is 60.9 Å². The second-order valence-electron chi connectivity index (χ2n) is 13.8. The third-order valence-corrected chi connectivity index (χ3v) is 9.24. The van der Waals surface area contributed by atoms with Gasteiger partial charge in [0.25, 0.3) is 0 Å². The molecular weight excluding hydrogens is 716 g/mol. The molecule has 2 N–H and O–H groups in total. The first-order chi connectivity index (χ1) is 27.0. The highest BCUT2D eigenvalue weighted by molar-refractivity contribution is 6.09. The number of aliphatic hydroxyl groups is 1. The van der Waals surface area contributed by atoms with Crippen LogP contribution in [-0.4, -0.2) is 73.7 Å². The number of aliphatic hydroxyl groups excluding tert-OH is 1. The summed E-state index contributed by atoms with van der Waals surface area (Å²) in [6, 6.07) is 24.6. The molecule has 1 aliphatic heterocycles. The number of nitrogens with one attached hydrogen (secondary N) is 1. The summed E-state index contributed by atoms with van der Waals surface area (Å²) in [6.45, 7) is 5.65. The first-order valence-corrected chi connectivity index (χ1v) is 18.7. The van der Waals surface area contributed by atoms with Crippen molar-refractivity contribution >= 4 is 35.2 Å². The van der Waals surface area contributed by atoms with E-state index in [-0.39, 0.29) is 62.3 Å². The van der Waals surface area contributed by atoms with E-state index in [9.17, 15) is 29.1 Å². The predicted octanol–water partition coefficient (Wildman–Crippen LogP) is 6.03. The van der Waals surface area contributed by atoms with Gasteiger partial charge in [-0.15, -0.1) is 0 Å². The number of nitrogens with zero attached hydrogens (tertiary/aromatic N) is 1. The van der Waals surface area contributed by atoms with Crippen molar-refractivity contribution in [2.75, 3.05) is 31.8 Å². The topological polar surface area (TPSA) is 158 Å². The Morgan fingerprint density at radius 1 is 0.839 bits per heavy atom. The summed E-state index contributed by atoms with van der Waals surface area (Å²) < 4.78 is 22.9. The fourth-order valence-electron chi connectivity index (χ4n) is 6.61. The number of rotatable bonds is 17. The molecule has 56 heavy (non-hydrogen) atoms. The molecule has 0 saturated carbocycles. The van der Waals surface area contributed by atoms with Gasteiger partial charge in [0.05, 0.1) is 50.8 Å². The highest BCUT2D eigenvalue weighted by Gasteiger charge is 2.48. The number of anilines is 1. The van der Waals surface area contributed by atoms with E-state index in [2.05, 4.69) is 5.32 Å². The molecule has 0 saturated heterocycles. The summed E-state index contributed by atoms with van der Waals surface area (Å²) in [4.78, 5) is 70.1. The minimum atomic E-state index is -1.30. The van der Waals surface area contributed by atoms with Gasteiger partial charge in [-0.3, -0.25) is 19.2 Å². The molecule has 5 rings (SSSR count). The molecule has 0 aromatic heterocycles. The average molecular weight is 765 g/mol. The number of amides is 2. The standard InChI is InChI=1S/C44H48N2O10/c1-5-54-40(50)27-37-43(56-44(52)32-16-14-31(15-17-32)42(51)30-10-7-6-8-11-30)41(45-38(48)24-28(2)3)35-26-34(55-23-9-22-47)20-21-36(35)46(37)39(49)25-29-12-18-33(53-4)19-13-29/h6-8,10-21,26,28,37,41,43,47H,5,9,22-25,27H2,1-4H3,(H,45,48)/t37-,41-,43-/m0/s1. The lowest BCUT2D eigenvalue weighted by Gasteiger charge is -2.45. The minimum Gasteiger partial charge on any atom is -0.497 e. The molecule has 4 aromatic rings. The van der Waals surface area contributed by atoms with Gasteiger partial charge in [-0.2, -0.15) is 0 Å². The average Bonchev–Trinajstić information content (AvgIpc) is 3.19. The Morgan fingerprint density at radius 3 is 2.14 bits per heavy atom. The molecule has 0 bridgehead atoms. The van der Waals surface area contributed by atoms with Crippen LogP contribution in [0.4, 0.5) is 5.69 Å². The van der Waals surface area contributed by atoms with E-state index in [4.69, 9.17) is 18.9 Å². The molecule has 294 valence electrons. The molecule has 1 heterocycles. The molecule has 0 fully saturated rings. The summed E-state index contributed by atoms with van der Waals surface area (Å²) in [6.07, 6.45) is -1.22. The number of carbonyl (C=O) groups excluding carboxylic acids is 5. The lowest BCUT2D eigenvalue weighted by molar-refractivity contribution is -0.144. The number of ketones is 1. The Bertz CT molecular complexity index is 1980. The molecule has 12 heteroatoms. The van der Waals surface area contributed by atoms with E-state index in [0.29, 0.717) is 45.9 Å². The zero-order chi connectivity index (χ0) is 40.2. The molecule has 12 nitrogen and oxygen atoms in total. The highest BCUT2D eigenvalue weighted by Crippen LogP contribution is 2.43. The molecule has 0 radical (unpaired) electrons.